The van der Waals surface area contributed by atoms with Crippen LogP contribution in [0.15, 0.2) is 146 Å². The fourth-order valence-corrected chi connectivity index (χ4v) is 7.48. The van der Waals surface area contributed by atoms with Crippen LogP contribution in [-0.2, 0) is 0 Å². The van der Waals surface area contributed by atoms with Crippen molar-refractivity contribution in [3.05, 3.63) is 146 Å². The van der Waals surface area contributed by atoms with E-state index in [-0.39, 0.29) is 0 Å². The summed E-state index contributed by atoms with van der Waals surface area (Å²) in [6.07, 6.45) is 0. The summed E-state index contributed by atoms with van der Waals surface area (Å²) in [5.74, 6) is 2.01. The Kier molecular flexibility index (Phi) is 5.64. The molecule has 5 heteroatoms. The van der Waals surface area contributed by atoms with Gasteiger partial charge in [0.05, 0.1) is 11.0 Å². The molecule has 0 spiro atoms. The first-order valence-corrected chi connectivity index (χ1v) is 15.4. The lowest BCUT2D eigenvalue weighted by molar-refractivity contribution is 1.08. The van der Waals surface area contributed by atoms with Gasteiger partial charge in [0, 0.05) is 53.3 Å². The van der Waals surface area contributed by atoms with Crippen molar-refractivity contribution in [1.82, 2.24) is 19.5 Å². The van der Waals surface area contributed by atoms with Crippen molar-refractivity contribution in [1.29, 1.82) is 0 Å². The Labute approximate surface area is 257 Å². The minimum absolute atomic E-state index is 0.668. The largest absolute Gasteiger partial charge is 0.309 e. The summed E-state index contributed by atoms with van der Waals surface area (Å²) >= 11 is 1.79. The first-order valence-electron chi connectivity index (χ1n) is 14.6. The summed E-state index contributed by atoms with van der Waals surface area (Å²) < 4.78 is 4.78. The van der Waals surface area contributed by atoms with Crippen LogP contribution >= 0.6 is 11.3 Å². The van der Waals surface area contributed by atoms with Crippen molar-refractivity contribution >= 4 is 53.3 Å². The molecule has 4 nitrogen and oxygen atoms in total. The van der Waals surface area contributed by atoms with Crippen molar-refractivity contribution in [3.8, 4) is 39.9 Å². The van der Waals surface area contributed by atoms with Crippen molar-refractivity contribution < 1.29 is 0 Å². The monoisotopic (exact) mass is 580 g/mol. The fraction of sp³-hybridized carbons (Fsp3) is 0. The minimum atomic E-state index is 0.668. The fourth-order valence-electron chi connectivity index (χ4n) is 6.23. The van der Waals surface area contributed by atoms with Crippen LogP contribution in [0.3, 0.4) is 0 Å². The van der Waals surface area contributed by atoms with Crippen molar-refractivity contribution in [2.45, 2.75) is 0 Å². The Morgan fingerprint density at radius 3 is 1.61 bits per heavy atom. The number of fused-ring (bicyclic) bond motifs is 6. The predicted molar refractivity (Wildman–Crippen MR) is 183 cm³/mol. The molecule has 0 radical (unpaired) electrons. The SMILES string of the molecule is c1ccc(-c2nc(-c3ccccc3)nc(-c3cccc4c3sc3cc(-n5c6ccccc6c6ccccc65)ccc34)n2)cc1. The molecule has 0 amide bonds. The summed E-state index contributed by atoms with van der Waals surface area (Å²) in [6, 6.07) is 50.8. The second-order valence-corrected chi connectivity index (χ2v) is 11.9. The molecule has 0 unspecified atom stereocenters. The summed E-state index contributed by atoms with van der Waals surface area (Å²) in [7, 11) is 0. The quantitative estimate of drug-likeness (QED) is 0.208. The summed E-state index contributed by atoms with van der Waals surface area (Å²) in [6.45, 7) is 0. The molecule has 0 atom stereocenters. The molecular weight excluding hydrogens is 557 g/mol. The van der Waals surface area contributed by atoms with Crippen molar-refractivity contribution in [3.63, 3.8) is 0 Å². The van der Waals surface area contributed by atoms with Gasteiger partial charge < -0.3 is 4.57 Å². The normalized spacial score (nSPS) is 11.6. The van der Waals surface area contributed by atoms with Crippen molar-refractivity contribution in [2.75, 3.05) is 0 Å². The molecule has 0 aliphatic carbocycles. The van der Waals surface area contributed by atoms with Crippen molar-refractivity contribution in [2.24, 2.45) is 0 Å². The topological polar surface area (TPSA) is 43.6 Å². The Bertz CT molecular complexity index is 2380. The first kappa shape index (κ1) is 24.9. The molecule has 9 rings (SSSR count). The van der Waals surface area contributed by atoms with Gasteiger partial charge in [-0.25, -0.2) is 15.0 Å². The lowest BCUT2D eigenvalue weighted by Gasteiger charge is -2.09. The number of benzene rings is 6. The molecule has 206 valence electrons. The number of para-hydroxylation sites is 2. The summed E-state index contributed by atoms with van der Waals surface area (Å²) in [5.41, 5.74) is 6.52. The first-order chi connectivity index (χ1) is 21.8. The van der Waals surface area contributed by atoms with Gasteiger partial charge in [0.1, 0.15) is 0 Å². The van der Waals surface area contributed by atoms with Gasteiger partial charge in [-0.2, -0.15) is 0 Å². The standard InChI is InChI=1S/C39H24N4S/c1-3-12-25(13-4-1)37-40-38(26-14-5-2-6-15-26)42-39(41-37)32-19-11-18-31-30-23-22-27(24-35(30)44-36(31)32)43-33-20-9-7-16-28(33)29-17-8-10-21-34(29)43/h1-24H. The highest BCUT2D eigenvalue weighted by molar-refractivity contribution is 7.26. The number of hydrogen-bond acceptors (Lipinski definition) is 4. The highest BCUT2D eigenvalue weighted by Gasteiger charge is 2.18. The third-order valence-corrected chi connectivity index (χ3v) is 9.46. The van der Waals surface area contributed by atoms with Crippen LogP contribution in [0.25, 0.3) is 81.8 Å². The number of thiophene rings is 1. The third-order valence-electron chi connectivity index (χ3n) is 8.26. The zero-order valence-corrected chi connectivity index (χ0v) is 24.4. The van der Waals surface area contributed by atoms with Crippen LogP contribution in [0, 0.1) is 0 Å². The van der Waals surface area contributed by atoms with E-state index >= 15 is 0 Å². The summed E-state index contributed by atoms with van der Waals surface area (Å²) in [4.78, 5) is 14.9. The Balaban J connectivity index is 1.26. The van der Waals surface area contributed by atoms with Gasteiger partial charge in [-0.3, -0.25) is 0 Å². The van der Waals surface area contributed by atoms with Gasteiger partial charge in [-0.15, -0.1) is 11.3 Å². The van der Waals surface area contributed by atoms with E-state index in [1.807, 2.05) is 60.7 Å². The maximum atomic E-state index is 5.03. The van der Waals surface area contributed by atoms with E-state index in [1.165, 1.54) is 42.0 Å². The van der Waals surface area contributed by atoms with Crippen LogP contribution < -0.4 is 0 Å². The maximum Gasteiger partial charge on any atom is 0.165 e. The molecule has 6 aromatic carbocycles. The average molecular weight is 581 g/mol. The molecule has 9 aromatic rings. The van der Waals surface area contributed by atoms with E-state index in [9.17, 15) is 0 Å². The number of nitrogens with zero attached hydrogens (tertiary/aromatic N) is 4. The van der Waals surface area contributed by atoms with Gasteiger partial charge >= 0.3 is 0 Å². The average Bonchev–Trinajstić information content (AvgIpc) is 3.64. The molecule has 3 heterocycles. The molecule has 3 aromatic heterocycles. The molecule has 44 heavy (non-hydrogen) atoms. The zero-order valence-electron chi connectivity index (χ0n) is 23.6. The van der Waals surface area contributed by atoms with E-state index in [4.69, 9.17) is 15.0 Å². The van der Waals surface area contributed by atoms with E-state index in [1.54, 1.807) is 11.3 Å². The second-order valence-electron chi connectivity index (χ2n) is 10.9. The van der Waals surface area contributed by atoms with Crippen LogP contribution in [0.5, 0.6) is 0 Å². The molecule has 0 N–H and O–H groups in total. The second kappa shape index (κ2) is 9.97. The third kappa shape index (κ3) is 3.94. The molecule has 0 aliphatic rings. The zero-order chi connectivity index (χ0) is 29.0. The number of hydrogen-bond donors (Lipinski definition) is 0. The van der Waals surface area contributed by atoms with Crippen LogP contribution in [0.4, 0.5) is 0 Å². The van der Waals surface area contributed by atoms with Gasteiger partial charge in [-0.05, 0) is 30.3 Å². The Morgan fingerprint density at radius 2 is 0.977 bits per heavy atom. The number of rotatable bonds is 4. The Hall–Kier alpha value is -5.65. The van der Waals surface area contributed by atoms with E-state index < -0.39 is 0 Å². The van der Waals surface area contributed by atoms with E-state index in [0.29, 0.717) is 17.5 Å². The van der Waals surface area contributed by atoms with Gasteiger partial charge in [0.2, 0.25) is 0 Å². The van der Waals surface area contributed by atoms with Gasteiger partial charge in [0.15, 0.2) is 17.5 Å². The molecule has 0 bridgehead atoms. The van der Waals surface area contributed by atoms with Crippen LogP contribution in [0.1, 0.15) is 0 Å². The smallest absolute Gasteiger partial charge is 0.165 e. The van der Waals surface area contributed by atoms with E-state index in [0.717, 1.165) is 22.4 Å². The van der Waals surface area contributed by atoms with Crippen LogP contribution in [0.2, 0.25) is 0 Å². The molecule has 0 saturated carbocycles. The Morgan fingerprint density at radius 1 is 0.432 bits per heavy atom. The number of aromatic nitrogens is 4. The minimum Gasteiger partial charge on any atom is -0.309 e. The van der Waals surface area contributed by atoms with E-state index in [2.05, 4.69) is 89.5 Å². The maximum absolute atomic E-state index is 5.03. The lowest BCUT2D eigenvalue weighted by atomic mass is 10.1. The molecule has 0 fully saturated rings. The molecule has 0 aliphatic heterocycles. The molecule has 0 saturated heterocycles. The highest BCUT2D eigenvalue weighted by atomic mass is 32.1. The lowest BCUT2D eigenvalue weighted by Crippen LogP contribution is -2.00. The van der Waals surface area contributed by atoms with Crippen LogP contribution in [-0.4, -0.2) is 19.5 Å². The van der Waals surface area contributed by atoms with Gasteiger partial charge in [0.25, 0.3) is 0 Å². The highest BCUT2D eigenvalue weighted by Crippen LogP contribution is 2.41. The summed E-state index contributed by atoms with van der Waals surface area (Å²) in [5, 5.41) is 4.97. The van der Waals surface area contributed by atoms with Gasteiger partial charge in [-0.1, -0.05) is 115 Å². The molecular formula is C39H24N4S. The predicted octanol–water partition coefficient (Wildman–Crippen LogP) is 10.3.